The molecule has 0 saturated carbocycles. The molecule has 0 saturated heterocycles. The van der Waals surface area contributed by atoms with Crippen molar-refractivity contribution in [2.24, 2.45) is 0 Å². The normalized spacial score (nSPS) is 10.6. The van der Waals surface area contributed by atoms with E-state index < -0.39 is 0 Å². The second-order valence-electron chi connectivity index (χ2n) is 2.12. The van der Waals surface area contributed by atoms with Crippen LogP contribution >= 0.6 is 24.1 Å². The van der Waals surface area contributed by atoms with Gasteiger partial charge in [0.2, 0.25) is 0 Å². The van der Waals surface area contributed by atoms with Crippen LogP contribution in [0.1, 0.15) is 11.1 Å². The quantitative estimate of drug-likeness (QED) is 0.603. The minimum atomic E-state index is 1.29. The highest BCUT2D eigenvalue weighted by atomic mass is 79.9. The van der Waals surface area contributed by atoms with Gasteiger partial charge in [-0.2, -0.15) is 0 Å². The van der Waals surface area contributed by atoms with Crippen LogP contribution in [0, 0.1) is 13.8 Å². The number of rotatable bonds is 0. The lowest BCUT2D eigenvalue weighted by Gasteiger charge is -1.95. The molecule has 1 aromatic heterocycles. The number of aryl methyl sites for hydroxylation is 2. The third-order valence-corrected chi connectivity index (χ3v) is 3.51. The predicted octanol–water partition coefficient (Wildman–Crippen LogP) is 3.65. The van der Waals surface area contributed by atoms with E-state index in [1.165, 1.54) is 23.5 Å². The van der Waals surface area contributed by atoms with E-state index in [0.29, 0.717) is 0 Å². The minimum Gasteiger partial charge on any atom is -0.0602 e. The van der Waals surface area contributed by atoms with Crippen molar-refractivity contribution < 1.29 is 0 Å². The van der Waals surface area contributed by atoms with Gasteiger partial charge in [0.05, 0.1) is 0 Å². The van der Waals surface area contributed by atoms with E-state index >= 15 is 0 Å². The molecule has 0 aliphatic heterocycles. The summed E-state index contributed by atoms with van der Waals surface area (Å²) in [4.78, 5) is 0. The van der Waals surface area contributed by atoms with Crippen LogP contribution in [-0.4, -0.2) is 0 Å². The van der Waals surface area contributed by atoms with Gasteiger partial charge < -0.3 is 0 Å². The monoisotopic (exact) mass is 202 g/mol. The van der Waals surface area contributed by atoms with Crippen molar-refractivity contribution in [3.63, 3.8) is 0 Å². The van der Waals surface area contributed by atoms with Crippen LogP contribution in [0.4, 0.5) is 0 Å². The molecule has 48 valence electrons. The van der Waals surface area contributed by atoms with Crippen molar-refractivity contribution in [1.29, 1.82) is 0 Å². The summed E-state index contributed by atoms with van der Waals surface area (Å²) < 4.78 is 1.29. The highest BCUT2D eigenvalue weighted by molar-refractivity contribution is 9.11. The first-order valence-corrected chi connectivity index (χ1v) is 4.54. The minimum absolute atomic E-state index is 1.29. The Hall–Kier alpha value is 0.130. The molecule has 1 rings (SSSR count). The maximum absolute atomic E-state index is 3.47. The number of hydrogen-bond donors (Lipinski definition) is 0. The SMILES string of the molecule is Cc1cpc(Br)c(C)c1. The molecule has 0 nitrogen and oxygen atoms in total. The lowest BCUT2D eigenvalue weighted by Crippen LogP contribution is -1.71. The van der Waals surface area contributed by atoms with Gasteiger partial charge in [-0.05, 0) is 46.7 Å². The molecule has 0 N–H and O–H groups in total. The van der Waals surface area contributed by atoms with Gasteiger partial charge in [-0.25, -0.2) is 0 Å². The van der Waals surface area contributed by atoms with Gasteiger partial charge >= 0.3 is 0 Å². The molecule has 2 heteroatoms. The molecule has 0 radical (unpaired) electrons. The Balaban J connectivity index is 3.17. The summed E-state index contributed by atoms with van der Waals surface area (Å²) >= 11 is 3.47. The standard InChI is InChI=1S/C7H8BrP/c1-5-3-6(2)7(8)9-4-5/h3-4H,1-2H3. The first-order chi connectivity index (χ1) is 4.20. The topological polar surface area (TPSA) is 0 Å². The third kappa shape index (κ3) is 1.77. The fourth-order valence-electron chi connectivity index (χ4n) is 0.699. The molecule has 0 fully saturated rings. The Morgan fingerprint density at radius 2 is 2.11 bits per heavy atom. The average molecular weight is 203 g/mol. The maximum atomic E-state index is 3.47. The van der Waals surface area contributed by atoms with Gasteiger partial charge in [-0.15, -0.1) is 0 Å². The van der Waals surface area contributed by atoms with Gasteiger partial charge in [0.1, 0.15) is 0 Å². The number of halogens is 1. The first-order valence-electron chi connectivity index (χ1n) is 2.79. The zero-order chi connectivity index (χ0) is 6.85. The van der Waals surface area contributed by atoms with E-state index in [1.54, 1.807) is 0 Å². The van der Waals surface area contributed by atoms with Gasteiger partial charge in [0.25, 0.3) is 0 Å². The summed E-state index contributed by atoms with van der Waals surface area (Å²) in [5.74, 6) is 2.19. The summed E-state index contributed by atoms with van der Waals surface area (Å²) in [5.41, 5.74) is 2.70. The molecule has 0 amide bonds. The van der Waals surface area contributed by atoms with Crippen molar-refractivity contribution in [2.45, 2.75) is 13.8 Å². The van der Waals surface area contributed by atoms with Crippen molar-refractivity contribution in [1.82, 2.24) is 0 Å². The summed E-state index contributed by atoms with van der Waals surface area (Å²) in [5, 5.41) is 0. The maximum Gasteiger partial charge on any atom is 0.0476 e. The average Bonchev–Trinajstić information content (AvgIpc) is 1.80. The van der Waals surface area contributed by atoms with Crippen LogP contribution < -0.4 is 0 Å². The summed E-state index contributed by atoms with van der Waals surface area (Å²) in [6, 6.07) is 2.18. The largest absolute Gasteiger partial charge is 0.0602 e. The summed E-state index contributed by atoms with van der Waals surface area (Å²) in [7, 11) is 1.29. The van der Waals surface area contributed by atoms with Crippen LogP contribution in [0.25, 0.3) is 0 Å². The van der Waals surface area contributed by atoms with E-state index in [4.69, 9.17) is 0 Å². The fourth-order valence-corrected chi connectivity index (χ4v) is 1.78. The van der Waals surface area contributed by atoms with Gasteiger partial charge in [-0.3, -0.25) is 0 Å². The highest BCUT2D eigenvalue weighted by Crippen LogP contribution is 2.26. The van der Waals surface area contributed by atoms with Crippen LogP contribution in [0.5, 0.6) is 0 Å². The predicted molar refractivity (Wildman–Crippen MR) is 46.1 cm³/mol. The smallest absolute Gasteiger partial charge is 0.0476 e. The molecular formula is C7H8BrP. The molecule has 1 heterocycles. The molecule has 0 aliphatic rings. The van der Waals surface area contributed by atoms with E-state index in [0.717, 1.165) is 0 Å². The molecular weight excluding hydrogens is 195 g/mol. The van der Waals surface area contributed by atoms with Crippen LogP contribution in [0.3, 0.4) is 0 Å². The lowest BCUT2D eigenvalue weighted by molar-refractivity contribution is 1.42. The zero-order valence-electron chi connectivity index (χ0n) is 5.48. The van der Waals surface area contributed by atoms with Crippen molar-refractivity contribution in [3.8, 4) is 0 Å². The third-order valence-electron chi connectivity index (χ3n) is 1.15. The van der Waals surface area contributed by atoms with E-state index in [-0.39, 0.29) is 0 Å². The lowest BCUT2D eigenvalue weighted by atomic mass is 10.3. The zero-order valence-corrected chi connectivity index (χ0v) is 7.96. The van der Waals surface area contributed by atoms with Gasteiger partial charge in [0.15, 0.2) is 0 Å². The van der Waals surface area contributed by atoms with E-state index in [1.807, 2.05) is 0 Å². The van der Waals surface area contributed by atoms with Crippen LogP contribution in [-0.2, 0) is 0 Å². The molecule has 0 bridgehead atoms. The van der Waals surface area contributed by atoms with Crippen molar-refractivity contribution in [3.05, 3.63) is 27.2 Å². The van der Waals surface area contributed by atoms with Gasteiger partial charge in [-0.1, -0.05) is 14.3 Å². The molecule has 0 atom stereocenters. The molecule has 0 unspecified atom stereocenters. The molecule has 0 aromatic carbocycles. The highest BCUT2D eigenvalue weighted by Gasteiger charge is 1.91. The van der Waals surface area contributed by atoms with Crippen molar-refractivity contribution in [2.75, 3.05) is 0 Å². The molecule has 0 aliphatic carbocycles. The summed E-state index contributed by atoms with van der Waals surface area (Å²) in [6.07, 6.45) is 0. The number of hydrogen-bond acceptors (Lipinski definition) is 0. The van der Waals surface area contributed by atoms with Crippen LogP contribution in [0.15, 0.2) is 16.1 Å². The first kappa shape index (κ1) is 7.24. The second-order valence-corrected chi connectivity index (χ2v) is 4.49. The Morgan fingerprint density at radius 1 is 1.44 bits per heavy atom. The van der Waals surface area contributed by atoms with Gasteiger partial charge in [0, 0.05) is 4.20 Å². The Kier molecular flexibility index (Phi) is 2.26. The second kappa shape index (κ2) is 2.81. The Morgan fingerprint density at radius 3 is 2.56 bits per heavy atom. The van der Waals surface area contributed by atoms with Crippen molar-refractivity contribution >= 4 is 24.1 Å². The molecule has 9 heavy (non-hydrogen) atoms. The fraction of sp³-hybridized carbons (Fsp3) is 0.286. The molecule has 0 spiro atoms. The van der Waals surface area contributed by atoms with E-state index in [2.05, 4.69) is 41.6 Å². The van der Waals surface area contributed by atoms with Crippen LogP contribution in [0.2, 0.25) is 0 Å². The molecule has 1 aromatic rings. The summed E-state index contributed by atoms with van der Waals surface area (Å²) in [6.45, 7) is 4.24. The van der Waals surface area contributed by atoms with E-state index in [9.17, 15) is 0 Å². The Bertz CT molecular complexity index is 220. The Labute approximate surface area is 65.5 Å².